The molecule has 4 nitrogen and oxygen atoms in total. The highest BCUT2D eigenvalue weighted by Crippen LogP contribution is 2.33. The van der Waals surface area contributed by atoms with Crippen molar-refractivity contribution < 1.29 is 18.7 Å². The van der Waals surface area contributed by atoms with Crippen LogP contribution in [0, 0.1) is 17.6 Å². The van der Waals surface area contributed by atoms with E-state index in [0.29, 0.717) is 18.0 Å². The Kier molecular flexibility index (Phi) is 4.92. The van der Waals surface area contributed by atoms with E-state index in [1.54, 1.807) is 0 Å². The smallest absolute Gasteiger partial charge is 0.317 e. The number of carbonyl (C=O) groups is 1. The molecule has 2 fully saturated rings. The van der Waals surface area contributed by atoms with Gasteiger partial charge < -0.3 is 10.4 Å². The lowest BCUT2D eigenvalue weighted by Gasteiger charge is -2.43. The van der Waals surface area contributed by atoms with Gasteiger partial charge in [-0.2, -0.15) is 0 Å². The molecule has 0 heterocycles. The first-order valence-corrected chi connectivity index (χ1v) is 8.14. The van der Waals surface area contributed by atoms with Gasteiger partial charge in [0, 0.05) is 30.7 Å². The van der Waals surface area contributed by atoms with E-state index in [-0.39, 0.29) is 18.6 Å². The SMILES string of the molecule is O=C(O)CN(CC1CC1)C1CC(NCc2cc(F)ccc2F)C1. The van der Waals surface area contributed by atoms with Gasteiger partial charge >= 0.3 is 5.97 Å². The van der Waals surface area contributed by atoms with Gasteiger partial charge in [-0.05, 0) is 49.8 Å². The summed E-state index contributed by atoms with van der Waals surface area (Å²) < 4.78 is 26.7. The molecular weight excluding hydrogens is 302 g/mol. The molecule has 1 aromatic rings. The molecule has 0 amide bonds. The molecule has 0 unspecified atom stereocenters. The molecule has 2 aliphatic carbocycles. The summed E-state index contributed by atoms with van der Waals surface area (Å²) in [7, 11) is 0. The first-order chi connectivity index (χ1) is 11.0. The quantitative estimate of drug-likeness (QED) is 0.771. The maximum atomic E-state index is 13.6. The molecular formula is C17H22F2N2O2. The number of halogens is 2. The van der Waals surface area contributed by atoms with Crippen molar-refractivity contribution in [2.24, 2.45) is 5.92 Å². The maximum Gasteiger partial charge on any atom is 0.317 e. The van der Waals surface area contributed by atoms with Crippen LogP contribution >= 0.6 is 0 Å². The number of aliphatic carboxylic acids is 1. The first kappa shape index (κ1) is 16.3. The lowest BCUT2D eigenvalue weighted by Crippen LogP contribution is -2.54. The van der Waals surface area contributed by atoms with Gasteiger partial charge in [-0.3, -0.25) is 9.69 Å². The van der Waals surface area contributed by atoms with E-state index in [1.165, 1.54) is 18.9 Å². The minimum Gasteiger partial charge on any atom is -0.480 e. The molecule has 2 aliphatic rings. The zero-order valence-electron chi connectivity index (χ0n) is 13.0. The van der Waals surface area contributed by atoms with Gasteiger partial charge in [0.25, 0.3) is 0 Å². The van der Waals surface area contributed by atoms with E-state index in [2.05, 4.69) is 10.2 Å². The van der Waals surface area contributed by atoms with E-state index < -0.39 is 17.6 Å². The number of hydrogen-bond donors (Lipinski definition) is 2. The third kappa shape index (κ3) is 4.48. The molecule has 0 bridgehead atoms. The van der Waals surface area contributed by atoms with E-state index >= 15 is 0 Å². The van der Waals surface area contributed by atoms with Crippen molar-refractivity contribution in [2.45, 2.75) is 44.3 Å². The van der Waals surface area contributed by atoms with Gasteiger partial charge in [-0.25, -0.2) is 8.78 Å². The Bertz CT molecular complexity index is 572. The molecule has 3 rings (SSSR count). The minimum absolute atomic E-state index is 0.0897. The largest absolute Gasteiger partial charge is 0.480 e. The summed E-state index contributed by atoms with van der Waals surface area (Å²) in [5.74, 6) is -0.977. The molecule has 23 heavy (non-hydrogen) atoms. The van der Waals surface area contributed by atoms with Crippen LogP contribution in [0.3, 0.4) is 0 Å². The van der Waals surface area contributed by atoms with E-state index in [4.69, 9.17) is 5.11 Å². The Hall–Kier alpha value is -1.53. The molecule has 2 saturated carbocycles. The van der Waals surface area contributed by atoms with Crippen LogP contribution in [0.5, 0.6) is 0 Å². The zero-order chi connectivity index (χ0) is 16.4. The number of hydrogen-bond acceptors (Lipinski definition) is 3. The zero-order valence-corrected chi connectivity index (χ0v) is 13.0. The van der Waals surface area contributed by atoms with Crippen molar-refractivity contribution >= 4 is 5.97 Å². The second-order valence-electron chi connectivity index (χ2n) is 6.71. The van der Waals surface area contributed by atoms with Crippen molar-refractivity contribution in [3.63, 3.8) is 0 Å². The lowest BCUT2D eigenvalue weighted by molar-refractivity contribution is -0.139. The maximum absolute atomic E-state index is 13.6. The molecule has 0 saturated heterocycles. The fourth-order valence-corrected chi connectivity index (χ4v) is 3.13. The normalized spacial score (nSPS) is 23.8. The van der Waals surface area contributed by atoms with E-state index in [1.807, 2.05) is 0 Å². The van der Waals surface area contributed by atoms with Crippen molar-refractivity contribution in [1.29, 1.82) is 0 Å². The number of nitrogens with one attached hydrogen (secondary N) is 1. The Morgan fingerprint density at radius 2 is 2.04 bits per heavy atom. The summed E-state index contributed by atoms with van der Waals surface area (Å²) in [6.07, 6.45) is 4.11. The van der Waals surface area contributed by atoms with Crippen molar-refractivity contribution in [1.82, 2.24) is 10.2 Å². The van der Waals surface area contributed by atoms with Crippen LogP contribution in [-0.2, 0) is 11.3 Å². The predicted octanol–water partition coefficient (Wildman–Crippen LogP) is 2.38. The minimum atomic E-state index is -0.788. The number of carboxylic acid groups (broad SMARTS) is 1. The molecule has 6 heteroatoms. The summed E-state index contributed by atoms with van der Waals surface area (Å²) in [4.78, 5) is 13.0. The molecule has 2 N–H and O–H groups in total. The Morgan fingerprint density at radius 3 is 2.70 bits per heavy atom. The van der Waals surface area contributed by atoms with Crippen molar-refractivity contribution in [2.75, 3.05) is 13.1 Å². The third-order valence-corrected chi connectivity index (χ3v) is 4.75. The number of nitrogens with zero attached hydrogens (tertiary/aromatic N) is 1. The van der Waals surface area contributed by atoms with Gasteiger partial charge in [0.05, 0.1) is 6.54 Å². The fourth-order valence-electron chi connectivity index (χ4n) is 3.13. The topological polar surface area (TPSA) is 52.6 Å². The summed E-state index contributed by atoms with van der Waals surface area (Å²) in [5, 5.41) is 12.3. The standard InChI is InChI=1S/C17H22F2N2O2/c18-13-3-4-16(19)12(5-13)8-20-14-6-15(7-14)21(10-17(22)23)9-11-1-2-11/h3-5,11,14-15,20H,1-2,6-10H2,(H,22,23). The Balaban J connectivity index is 1.45. The summed E-state index contributed by atoms with van der Waals surface area (Å²) in [6, 6.07) is 3.97. The van der Waals surface area contributed by atoms with Crippen LogP contribution in [0.4, 0.5) is 8.78 Å². The van der Waals surface area contributed by atoms with Gasteiger partial charge in [0.2, 0.25) is 0 Å². The van der Waals surface area contributed by atoms with Crippen LogP contribution < -0.4 is 5.32 Å². The highest BCUT2D eigenvalue weighted by Gasteiger charge is 2.36. The lowest BCUT2D eigenvalue weighted by atomic mass is 9.85. The highest BCUT2D eigenvalue weighted by atomic mass is 19.1. The van der Waals surface area contributed by atoms with Gasteiger partial charge in [-0.1, -0.05) is 0 Å². The summed E-state index contributed by atoms with van der Waals surface area (Å²) in [5.41, 5.74) is 0.328. The van der Waals surface area contributed by atoms with E-state index in [9.17, 15) is 13.6 Å². The molecule has 0 aromatic heterocycles. The second kappa shape index (κ2) is 6.93. The molecule has 0 spiro atoms. The predicted molar refractivity (Wildman–Crippen MR) is 81.9 cm³/mol. The molecule has 126 valence electrons. The highest BCUT2D eigenvalue weighted by molar-refractivity contribution is 5.69. The number of rotatable bonds is 8. The van der Waals surface area contributed by atoms with Gasteiger partial charge in [0.15, 0.2) is 0 Å². The monoisotopic (exact) mass is 324 g/mol. The summed E-state index contributed by atoms with van der Waals surface area (Å²) in [6.45, 7) is 1.25. The van der Waals surface area contributed by atoms with Crippen LogP contribution in [0.1, 0.15) is 31.2 Å². The van der Waals surface area contributed by atoms with Crippen molar-refractivity contribution in [3.05, 3.63) is 35.4 Å². The average molecular weight is 324 g/mol. The van der Waals surface area contributed by atoms with Crippen LogP contribution in [0.15, 0.2) is 18.2 Å². The first-order valence-electron chi connectivity index (χ1n) is 8.14. The van der Waals surface area contributed by atoms with Gasteiger partial charge in [0.1, 0.15) is 11.6 Å². The fraction of sp³-hybridized carbons (Fsp3) is 0.588. The van der Waals surface area contributed by atoms with Crippen LogP contribution in [-0.4, -0.2) is 41.1 Å². The third-order valence-electron chi connectivity index (χ3n) is 4.75. The van der Waals surface area contributed by atoms with Crippen molar-refractivity contribution in [3.8, 4) is 0 Å². The molecule has 0 radical (unpaired) electrons. The van der Waals surface area contributed by atoms with Crippen LogP contribution in [0.2, 0.25) is 0 Å². The molecule has 1 aromatic carbocycles. The average Bonchev–Trinajstić information content (AvgIpc) is 3.24. The van der Waals surface area contributed by atoms with Gasteiger partial charge in [-0.15, -0.1) is 0 Å². The number of carboxylic acids is 1. The molecule has 0 atom stereocenters. The second-order valence-corrected chi connectivity index (χ2v) is 6.71. The van der Waals surface area contributed by atoms with E-state index in [0.717, 1.165) is 31.5 Å². The van der Waals surface area contributed by atoms with Crippen LogP contribution in [0.25, 0.3) is 0 Å². The number of benzene rings is 1. The Labute approximate surface area is 134 Å². The Morgan fingerprint density at radius 1 is 1.30 bits per heavy atom. The molecule has 0 aliphatic heterocycles. The summed E-state index contributed by atoms with van der Waals surface area (Å²) >= 11 is 0.